The summed E-state index contributed by atoms with van der Waals surface area (Å²) in [6.45, 7) is 0. The Morgan fingerprint density at radius 2 is 1.62 bits per heavy atom. The number of ketones is 1. The summed E-state index contributed by atoms with van der Waals surface area (Å²) in [7, 11) is 0. The van der Waals surface area contributed by atoms with E-state index >= 15 is 0 Å². The Morgan fingerprint density at radius 3 is 2.24 bits per heavy atom. The number of benzene rings is 2. The Kier molecular flexibility index (Phi) is 4.06. The van der Waals surface area contributed by atoms with E-state index in [0.29, 0.717) is 18.2 Å². The summed E-state index contributed by atoms with van der Waals surface area (Å²) >= 11 is 0. The van der Waals surface area contributed by atoms with Gasteiger partial charge in [-0.1, -0.05) is 12.1 Å². The molecule has 2 rings (SSSR count). The van der Waals surface area contributed by atoms with Gasteiger partial charge in [-0.3, -0.25) is 4.79 Å². The minimum absolute atomic E-state index is 0.220. The Morgan fingerprint density at radius 1 is 0.952 bits per heavy atom. The standard InChI is InChI=1S/C15H9F5O/c16-10-3-1-2-9(6-10)7-14(21)12-8-11(17)4-5-13(12)15(18,19)20/h1-6,8H,7H2. The second-order valence-electron chi connectivity index (χ2n) is 4.42. The van der Waals surface area contributed by atoms with Crippen LogP contribution in [0, 0.1) is 11.6 Å². The van der Waals surface area contributed by atoms with Crippen molar-refractivity contribution in [2.24, 2.45) is 0 Å². The summed E-state index contributed by atoms with van der Waals surface area (Å²) in [5.74, 6) is -2.46. The molecule has 0 aliphatic carbocycles. The molecule has 0 spiro atoms. The van der Waals surface area contributed by atoms with E-state index in [9.17, 15) is 26.7 Å². The van der Waals surface area contributed by atoms with Crippen LogP contribution in [0.1, 0.15) is 21.5 Å². The molecule has 0 amide bonds. The lowest BCUT2D eigenvalue weighted by Crippen LogP contribution is -2.15. The number of halogens is 5. The smallest absolute Gasteiger partial charge is 0.294 e. The van der Waals surface area contributed by atoms with Gasteiger partial charge in [0.1, 0.15) is 11.6 Å². The minimum atomic E-state index is -4.76. The highest BCUT2D eigenvalue weighted by Crippen LogP contribution is 2.33. The van der Waals surface area contributed by atoms with E-state index in [1.165, 1.54) is 12.1 Å². The Balaban J connectivity index is 2.37. The van der Waals surface area contributed by atoms with Crippen molar-refractivity contribution < 1.29 is 26.7 Å². The molecule has 0 aliphatic heterocycles. The fourth-order valence-electron chi connectivity index (χ4n) is 1.92. The number of rotatable bonds is 3. The quantitative estimate of drug-likeness (QED) is 0.606. The number of carbonyl (C=O) groups is 1. The predicted octanol–water partition coefficient (Wildman–Crippen LogP) is 4.41. The summed E-state index contributed by atoms with van der Waals surface area (Å²) in [4.78, 5) is 12.0. The van der Waals surface area contributed by atoms with E-state index in [2.05, 4.69) is 0 Å². The number of Topliss-reactive ketones (excluding diaryl/α,β-unsaturated/α-hetero) is 1. The van der Waals surface area contributed by atoms with E-state index in [0.717, 1.165) is 12.1 Å². The molecule has 0 aliphatic rings. The molecule has 6 heteroatoms. The topological polar surface area (TPSA) is 17.1 Å². The maximum absolute atomic E-state index is 13.1. The molecule has 110 valence electrons. The van der Waals surface area contributed by atoms with Gasteiger partial charge in [0.2, 0.25) is 0 Å². The lowest BCUT2D eigenvalue weighted by molar-refractivity contribution is -0.137. The van der Waals surface area contributed by atoms with Crippen LogP contribution in [0.25, 0.3) is 0 Å². The first-order valence-electron chi connectivity index (χ1n) is 5.92. The monoisotopic (exact) mass is 300 g/mol. The van der Waals surface area contributed by atoms with Gasteiger partial charge in [-0.15, -0.1) is 0 Å². The van der Waals surface area contributed by atoms with Gasteiger partial charge in [0.05, 0.1) is 5.56 Å². The van der Waals surface area contributed by atoms with E-state index in [4.69, 9.17) is 0 Å². The van der Waals surface area contributed by atoms with Crippen LogP contribution in [0.15, 0.2) is 42.5 Å². The average Bonchev–Trinajstić information content (AvgIpc) is 2.37. The molecule has 21 heavy (non-hydrogen) atoms. The first-order chi connectivity index (χ1) is 9.77. The van der Waals surface area contributed by atoms with Gasteiger partial charge in [0, 0.05) is 12.0 Å². The van der Waals surface area contributed by atoms with Crippen molar-refractivity contribution in [3.8, 4) is 0 Å². The van der Waals surface area contributed by atoms with Crippen LogP contribution in [-0.2, 0) is 12.6 Å². The van der Waals surface area contributed by atoms with Crippen LogP contribution in [0.4, 0.5) is 22.0 Å². The van der Waals surface area contributed by atoms with Gasteiger partial charge in [0.15, 0.2) is 5.78 Å². The largest absolute Gasteiger partial charge is 0.417 e. The molecule has 0 aromatic heterocycles. The van der Waals surface area contributed by atoms with Gasteiger partial charge in [-0.25, -0.2) is 8.78 Å². The molecule has 0 fully saturated rings. The van der Waals surface area contributed by atoms with Gasteiger partial charge >= 0.3 is 6.18 Å². The van der Waals surface area contributed by atoms with Crippen molar-refractivity contribution in [3.63, 3.8) is 0 Å². The van der Waals surface area contributed by atoms with Crippen molar-refractivity contribution >= 4 is 5.78 Å². The molecule has 0 atom stereocenters. The first-order valence-corrected chi connectivity index (χ1v) is 5.92. The molecule has 0 saturated carbocycles. The highest BCUT2D eigenvalue weighted by molar-refractivity contribution is 5.99. The number of carbonyl (C=O) groups excluding carboxylic acids is 1. The molecular formula is C15H9F5O. The molecule has 0 N–H and O–H groups in total. The number of hydrogen-bond donors (Lipinski definition) is 0. The molecule has 2 aromatic rings. The average molecular weight is 300 g/mol. The van der Waals surface area contributed by atoms with Crippen LogP contribution < -0.4 is 0 Å². The maximum Gasteiger partial charge on any atom is 0.417 e. The molecule has 0 radical (unpaired) electrons. The zero-order chi connectivity index (χ0) is 15.6. The van der Waals surface area contributed by atoms with Gasteiger partial charge in [-0.05, 0) is 35.9 Å². The third-order valence-electron chi connectivity index (χ3n) is 2.84. The SMILES string of the molecule is O=C(Cc1cccc(F)c1)c1cc(F)ccc1C(F)(F)F. The zero-order valence-corrected chi connectivity index (χ0v) is 10.5. The minimum Gasteiger partial charge on any atom is -0.294 e. The Hall–Kier alpha value is -2.24. The summed E-state index contributed by atoms with van der Waals surface area (Å²) in [6.07, 6.45) is -5.20. The summed E-state index contributed by atoms with van der Waals surface area (Å²) in [6, 6.07) is 6.66. The van der Waals surface area contributed by atoms with Crippen molar-refractivity contribution in [1.82, 2.24) is 0 Å². The lowest BCUT2D eigenvalue weighted by Gasteiger charge is -2.12. The maximum atomic E-state index is 13.1. The van der Waals surface area contributed by atoms with Crippen LogP contribution in [0.3, 0.4) is 0 Å². The van der Waals surface area contributed by atoms with Gasteiger partial charge < -0.3 is 0 Å². The van der Waals surface area contributed by atoms with Crippen LogP contribution >= 0.6 is 0 Å². The highest BCUT2D eigenvalue weighted by Gasteiger charge is 2.35. The van der Waals surface area contributed by atoms with E-state index in [-0.39, 0.29) is 5.56 Å². The zero-order valence-electron chi connectivity index (χ0n) is 10.5. The second-order valence-corrected chi connectivity index (χ2v) is 4.42. The lowest BCUT2D eigenvalue weighted by atomic mass is 9.98. The molecule has 0 saturated heterocycles. The van der Waals surface area contributed by atoms with E-state index < -0.39 is 41.1 Å². The van der Waals surface area contributed by atoms with Crippen molar-refractivity contribution in [1.29, 1.82) is 0 Å². The number of hydrogen-bond acceptors (Lipinski definition) is 1. The third kappa shape index (κ3) is 3.65. The molecule has 0 unspecified atom stereocenters. The predicted molar refractivity (Wildman–Crippen MR) is 65.8 cm³/mol. The van der Waals surface area contributed by atoms with Gasteiger partial charge in [-0.2, -0.15) is 13.2 Å². The molecule has 0 bridgehead atoms. The Bertz CT molecular complexity index is 676. The van der Waals surface area contributed by atoms with Crippen LogP contribution in [0.5, 0.6) is 0 Å². The fraction of sp³-hybridized carbons (Fsp3) is 0.133. The molecular weight excluding hydrogens is 291 g/mol. The Labute approximate surface area is 117 Å². The molecule has 2 aromatic carbocycles. The summed E-state index contributed by atoms with van der Waals surface area (Å²) < 4.78 is 64.5. The third-order valence-corrected chi connectivity index (χ3v) is 2.84. The fourth-order valence-corrected chi connectivity index (χ4v) is 1.92. The molecule has 1 nitrogen and oxygen atoms in total. The highest BCUT2D eigenvalue weighted by atomic mass is 19.4. The van der Waals surface area contributed by atoms with E-state index in [1.807, 2.05) is 0 Å². The van der Waals surface area contributed by atoms with Crippen LogP contribution in [0.2, 0.25) is 0 Å². The van der Waals surface area contributed by atoms with Crippen molar-refractivity contribution in [2.45, 2.75) is 12.6 Å². The second kappa shape index (κ2) is 5.63. The molecule has 0 heterocycles. The van der Waals surface area contributed by atoms with E-state index in [1.54, 1.807) is 0 Å². The summed E-state index contributed by atoms with van der Waals surface area (Å²) in [5.41, 5.74) is -1.74. The first kappa shape index (κ1) is 15.2. The van der Waals surface area contributed by atoms with Crippen molar-refractivity contribution in [2.75, 3.05) is 0 Å². The van der Waals surface area contributed by atoms with Crippen molar-refractivity contribution in [3.05, 3.63) is 70.8 Å². The normalized spacial score (nSPS) is 11.5. The number of alkyl halides is 3. The summed E-state index contributed by atoms with van der Waals surface area (Å²) in [5, 5.41) is 0. The van der Waals surface area contributed by atoms with Gasteiger partial charge in [0.25, 0.3) is 0 Å². The van der Waals surface area contributed by atoms with Crippen LogP contribution in [-0.4, -0.2) is 5.78 Å².